The van der Waals surface area contributed by atoms with Gasteiger partial charge in [0.2, 0.25) is 0 Å². The molecule has 0 atom stereocenters. The second-order valence-corrected chi connectivity index (χ2v) is 4.39. The molecule has 0 unspecified atom stereocenters. The van der Waals surface area contributed by atoms with Crippen LogP contribution in [0.1, 0.15) is 12.0 Å². The Bertz CT molecular complexity index is 536. The van der Waals surface area contributed by atoms with Crippen molar-refractivity contribution < 1.29 is 9.94 Å². The van der Waals surface area contributed by atoms with Gasteiger partial charge in [0, 0.05) is 25.1 Å². The molecular formula is C13H12N2O2. The molecular weight excluding hydrogens is 216 g/mol. The molecule has 2 heterocycles. The number of oxime groups is 1. The van der Waals surface area contributed by atoms with Crippen molar-refractivity contribution >= 4 is 5.71 Å². The molecule has 0 bridgehead atoms. The van der Waals surface area contributed by atoms with Crippen LogP contribution in [-0.4, -0.2) is 29.5 Å². The van der Waals surface area contributed by atoms with Gasteiger partial charge >= 0.3 is 0 Å². The smallest absolute Gasteiger partial charge is 0.168 e. The summed E-state index contributed by atoms with van der Waals surface area (Å²) in [6, 6.07) is 6.87. The molecule has 2 N–H and O–H groups in total. The van der Waals surface area contributed by atoms with Gasteiger partial charge in [0.1, 0.15) is 11.5 Å². The first-order valence-electron chi connectivity index (χ1n) is 5.53. The van der Waals surface area contributed by atoms with E-state index in [9.17, 15) is 5.11 Å². The van der Waals surface area contributed by atoms with Gasteiger partial charge in [-0.2, -0.15) is 0 Å². The molecule has 1 aromatic carbocycles. The molecule has 0 amide bonds. The average molecular weight is 228 g/mol. The fourth-order valence-corrected chi connectivity index (χ4v) is 1.91. The number of phenols is 1. The summed E-state index contributed by atoms with van der Waals surface area (Å²) in [6.45, 7) is 1.68. The van der Waals surface area contributed by atoms with Gasteiger partial charge in [-0.1, -0.05) is 17.1 Å². The van der Waals surface area contributed by atoms with Crippen molar-refractivity contribution in [2.75, 3.05) is 13.1 Å². The van der Waals surface area contributed by atoms with E-state index in [-0.39, 0.29) is 11.4 Å². The van der Waals surface area contributed by atoms with Gasteiger partial charge in [0.05, 0.1) is 0 Å². The SMILES string of the molecule is Oc1cccc(C#CC2=NOC3(CNC3)C2)c1. The standard InChI is InChI=1S/C13H12N2O2/c16-12-3-1-2-10(6-12)4-5-11-7-13(17-15-11)8-14-9-13/h1-3,6,14,16H,7-9H2. The summed E-state index contributed by atoms with van der Waals surface area (Å²) in [5, 5.41) is 16.5. The summed E-state index contributed by atoms with van der Waals surface area (Å²) in [4.78, 5) is 5.37. The van der Waals surface area contributed by atoms with Crippen LogP contribution in [0.15, 0.2) is 29.4 Å². The maximum absolute atomic E-state index is 9.30. The van der Waals surface area contributed by atoms with Gasteiger partial charge < -0.3 is 15.3 Å². The van der Waals surface area contributed by atoms with Crippen LogP contribution in [0.2, 0.25) is 0 Å². The van der Waals surface area contributed by atoms with Crippen molar-refractivity contribution in [1.82, 2.24) is 5.32 Å². The molecule has 4 nitrogen and oxygen atoms in total. The molecule has 0 radical (unpaired) electrons. The summed E-state index contributed by atoms with van der Waals surface area (Å²) >= 11 is 0. The molecule has 0 aromatic heterocycles. The van der Waals surface area contributed by atoms with Gasteiger partial charge in [-0.05, 0) is 24.1 Å². The van der Waals surface area contributed by atoms with E-state index in [1.54, 1.807) is 18.2 Å². The van der Waals surface area contributed by atoms with E-state index < -0.39 is 0 Å². The van der Waals surface area contributed by atoms with Crippen LogP contribution in [-0.2, 0) is 4.84 Å². The Balaban J connectivity index is 1.72. The summed E-state index contributed by atoms with van der Waals surface area (Å²) in [7, 11) is 0. The third kappa shape index (κ3) is 1.97. The molecule has 1 fully saturated rings. The molecule has 86 valence electrons. The quantitative estimate of drug-likeness (QED) is 0.648. The first-order valence-corrected chi connectivity index (χ1v) is 5.53. The molecule has 2 aliphatic heterocycles. The Labute approximate surface area is 99.3 Å². The van der Waals surface area contributed by atoms with Gasteiger partial charge in [-0.25, -0.2) is 0 Å². The predicted octanol–water partition coefficient (Wildman–Crippen LogP) is 0.862. The van der Waals surface area contributed by atoms with Crippen molar-refractivity contribution in [3.05, 3.63) is 29.8 Å². The van der Waals surface area contributed by atoms with E-state index in [2.05, 4.69) is 22.3 Å². The average Bonchev–Trinajstić information content (AvgIpc) is 2.71. The van der Waals surface area contributed by atoms with Gasteiger partial charge in [0.15, 0.2) is 5.60 Å². The zero-order valence-electron chi connectivity index (χ0n) is 9.23. The van der Waals surface area contributed by atoms with Crippen LogP contribution in [0.25, 0.3) is 0 Å². The highest BCUT2D eigenvalue weighted by Gasteiger charge is 2.44. The number of nitrogens with zero attached hydrogens (tertiary/aromatic N) is 1. The minimum Gasteiger partial charge on any atom is -0.508 e. The first-order chi connectivity index (χ1) is 8.26. The van der Waals surface area contributed by atoms with E-state index in [0.717, 1.165) is 30.8 Å². The maximum Gasteiger partial charge on any atom is 0.168 e. The van der Waals surface area contributed by atoms with Gasteiger partial charge in [0.25, 0.3) is 0 Å². The van der Waals surface area contributed by atoms with Crippen LogP contribution in [0.3, 0.4) is 0 Å². The highest BCUT2D eigenvalue weighted by molar-refractivity contribution is 6.02. The van der Waals surface area contributed by atoms with Crippen LogP contribution in [0.5, 0.6) is 5.75 Å². The summed E-state index contributed by atoms with van der Waals surface area (Å²) in [5.41, 5.74) is 1.42. The second kappa shape index (κ2) is 3.79. The lowest BCUT2D eigenvalue weighted by molar-refractivity contribution is -0.0559. The fourth-order valence-electron chi connectivity index (χ4n) is 1.91. The Morgan fingerprint density at radius 1 is 1.35 bits per heavy atom. The van der Waals surface area contributed by atoms with Crippen molar-refractivity contribution in [2.45, 2.75) is 12.0 Å². The molecule has 0 saturated carbocycles. The van der Waals surface area contributed by atoms with Gasteiger partial charge in [-0.3, -0.25) is 0 Å². The number of hydrogen-bond donors (Lipinski definition) is 2. The van der Waals surface area contributed by atoms with Crippen molar-refractivity contribution in [1.29, 1.82) is 0 Å². The highest BCUT2D eigenvalue weighted by Crippen LogP contribution is 2.27. The molecule has 0 aliphatic carbocycles. The topological polar surface area (TPSA) is 53.9 Å². The summed E-state index contributed by atoms with van der Waals surface area (Å²) < 4.78 is 0. The third-order valence-corrected chi connectivity index (χ3v) is 2.93. The summed E-state index contributed by atoms with van der Waals surface area (Å²) in [6.07, 6.45) is 0.770. The Morgan fingerprint density at radius 3 is 2.88 bits per heavy atom. The van der Waals surface area contributed by atoms with Crippen LogP contribution >= 0.6 is 0 Å². The zero-order valence-corrected chi connectivity index (χ0v) is 9.23. The highest BCUT2D eigenvalue weighted by atomic mass is 16.7. The number of benzene rings is 1. The monoisotopic (exact) mass is 228 g/mol. The largest absolute Gasteiger partial charge is 0.508 e. The number of phenolic OH excluding ortho intramolecular Hbond substituents is 1. The third-order valence-electron chi connectivity index (χ3n) is 2.93. The summed E-state index contributed by atoms with van der Waals surface area (Å²) in [5.74, 6) is 6.18. The normalized spacial score (nSPS) is 19.9. The van der Waals surface area contributed by atoms with E-state index in [0.29, 0.717) is 0 Å². The van der Waals surface area contributed by atoms with E-state index in [1.807, 2.05) is 6.07 Å². The van der Waals surface area contributed by atoms with Crippen molar-refractivity contribution in [2.24, 2.45) is 5.16 Å². The molecule has 3 rings (SSSR count). The van der Waals surface area contributed by atoms with Crippen LogP contribution in [0.4, 0.5) is 0 Å². The van der Waals surface area contributed by atoms with Crippen LogP contribution < -0.4 is 5.32 Å². The van der Waals surface area contributed by atoms with E-state index in [4.69, 9.17) is 4.84 Å². The second-order valence-electron chi connectivity index (χ2n) is 4.39. The predicted molar refractivity (Wildman–Crippen MR) is 63.7 cm³/mol. The van der Waals surface area contributed by atoms with E-state index in [1.165, 1.54) is 0 Å². The van der Waals surface area contributed by atoms with Gasteiger partial charge in [-0.15, -0.1) is 0 Å². The lowest BCUT2D eigenvalue weighted by Crippen LogP contribution is -2.59. The number of rotatable bonds is 0. The molecule has 4 heteroatoms. The molecule has 1 saturated heterocycles. The molecule has 1 aromatic rings. The number of nitrogens with one attached hydrogen (secondary N) is 1. The molecule has 1 spiro atoms. The number of hydrogen-bond acceptors (Lipinski definition) is 4. The maximum atomic E-state index is 9.30. The number of aromatic hydroxyl groups is 1. The minimum atomic E-state index is -0.136. The zero-order chi connectivity index (χ0) is 11.7. The van der Waals surface area contributed by atoms with Crippen molar-refractivity contribution in [3.63, 3.8) is 0 Å². The van der Waals surface area contributed by atoms with Crippen LogP contribution in [0, 0.1) is 11.8 Å². The Kier molecular flexibility index (Phi) is 2.27. The fraction of sp³-hybridized carbons (Fsp3) is 0.308. The lowest BCUT2D eigenvalue weighted by atomic mass is 9.91. The molecule has 2 aliphatic rings. The minimum absolute atomic E-state index is 0.136. The first kappa shape index (κ1) is 10.2. The Hall–Kier alpha value is -1.99. The van der Waals surface area contributed by atoms with E-state index >= 15 is 0 Å². The Morgan fingerprint density at radius 2 is 2.24 bits per heavy atom. The van der Waals surface area contributed by atoms with Crippen molar-refractivity contribution in [3.8, 4) is 17.6 Å². The molecule has 17 heavy (non-hydrogen) atoms. The lowest BCUT2D eigenvalue weighted by Gasteiger charge is -2.35.